The maximum Gasteiger partial charge on any atom is 0.267 e. The van der Waals surface area contributed by atoms with Crippen molar-refractivity contribution < 1.29 is 13.2 Å². The number of sulfonamides is 1. The second kappa shape index (κ2) is 7.73. The molecule has 28 heavy (non-hydrogen) atoms. The second-order valence-electron chi connectivity index (χ2n) is 6.58. The first-order chi connectivity index (χ1) is 13.2. The molecule has 0 unspecified atom stereocenters. The molecular formula is C20H21N3O3S2. The summed E-state index contributed by atoms with van der Waals surface area (Å²) >= 11 is 1.01. The SMILES string of the molecule is Cc1ccc(S(=O)(=O)Nc2nc(C)c(C(=O)Nc3ccccc3C)s2)c(C)c1. The fourth-order valence-electron chi connectivity index (χ4n) is 2.81. The van der Waals surface area contributed by atoms with Gasteiger partial charge in [0.1, 0.15) is 4.88 Å². The molecule has 3 aromatic rings. The first-order valence-electron chi connectivity index (χ1n) is 8.62. The Hall–Kier alpha value is -2.71. The number of carbonyl (C=O) groups is 1. The normalized spacial score (nSPS) is 11.3. The number of hydrogen-bond donors (Lipinski definition) is 2. The smallest absolute Gasteiger partial charge is 0.267 e. The van der Waals surface area contributed by atoms with Crippen molar-refractivity contribution >= 4 is 38.1 Å². The van der Waals surface area contributed by atoms with Gasteiger partial charge in [0.2, 0.25) is 0 Å². The average Bonchev–Trinajstić information content (AvgIpc) is 2.96. The number of nitrogens with zero attached hydrogens (tertiary/aromatic N) is 1. The van der Waals surface area contributed by atoms with E-state index in [9.17, 15) is 13.2 Å². The van der Waals surface area contributed by atoms with Gasteiger partial charge in [-0.3, -0.25) is 9.52 Å². The van der Waals surface area contributed by atoms with E-state index in [4.69, 9.17) is 0 Å². The third kappa shape index (κ3) is 4.23. The molecule has 0 aliphatic rings. The molecule has 2 N–H and O–H groups in total. The van der Waals surface area contributed by atoms with Crippen LogP contribution in [0.5, 0.6) is 0 Å². The van der Waals surface area contributed by atoms with Crippen molar-refractivity contribution in [2.45, 2.75) is 32.6 Å². The predicted octanol–water partition coefficient (Wildman–Crippen LogP) is 4.43. The molecule has 0 atom stereocenters. The molecule has 0 saturated heterocycles. The lowest BCUT2D eigenvalue weighted by molar-refractivity contribution is 0.102. The fraction of sp³-hybridized carbons (Fsp3) is 0.200. The van der Waals surface area contributed by atoms with Crippen molar-refractivity contribution in [2.75, 3.05) is 10.0 Å². The highest BCUT2D eigenvalue weighted by atomic mass is 32.2. The summed E-state index contributed by atoms with van der Waals surface area (Å²) in [5.41, 5.74) is 3.75. The molecule has 146 valence electrons. The Labute approximate surface area is 168 Å². The number of aryl methyl sites for hydroxylation is 4. The Morgan fingerprint density at radius 1 is 1.00 bits per heavy atom. The summed E-state index contributed by atoms with van der Waals surface area (Å²) in [5.74, 6) is -0.318. The zero-order valence-corrected chi connectivity index (χ0v) is 17.7. The zero-order chi connectivity index (χ0) is 20.5. The Morgan fingerprint density at radius 2 is 1.71 bits per heavy atom. The summed E-state index contributed by atoms with van der Waals surface area (Å²) in [6.45, 7) is 7.23. The van der Waals surface area contributed by atoms with Crippen LogP contribution in [0, 0.1) is 27.7 Å². The highest BCUT2D eigenvalue weighted by Crippen LogP contribution is 2.27. The molecule has 1 heterocycles. The number of thiazole rings is 1. The van der Waals surface area contributed by atoms with Crippen LogP contribution in [0.1, 0.15) is 32.1 Å². The van der Waals surface area contributed by atoms with E-state index >= 15 is 0 Å². The van der Waals surface area contributed by atoms with Gasteiger partial charge in [0.25, 0.3) is 15.9 Å². The summed E-state index contributed by atoms with van der Waals surface area (Å²) in [4.78, 5) is 17.4. The summed E-state index contributed by atoms with van der Waals surface area (Å²) in [6, 6.07) is 12.6. The number of amides is 1. The van der Waals surface area contributed by atoms with Crippen LogP contribution in [0.4, 0.5) is 10.8 Å². The minimum absolute atomic E-state index is 0.160. The molecule has 0 aliphatic carbocycles. The van der Waals surface area contributed by atoms with Gasteiger partial charge in [0, 0.05) is 5.69 Å². The van der Waals surface area contributed by atoms with E-state index in [0.717, 1.165) is 22.5 Å². The van der Waals surface area contributed by atoms with E-state index < -0.39 is 10.0 Å². The number of para-hydroxylation sites is 1. The molecule has 0 radical (unpaired) electrons. The number of anilines is 2. The van der Waals surface area contributed by atoms with Crippen LogP contribution in [-0.2, 0) is 10.0 Å². The largest absolute Gasteiger partial charge is 0.321 e. The Balaban J connectivity index is 1.84. The zero-order valence-electron chi connectivity index (χ0n) is 16.0. The van der Waals surface area contributed by atoms with Crippen molar-refractivity contribution in [3.8, 4) is 0 Å². The third-order valence-corrected chi connectivity index (χ3v) is 6.94. The lowest BCUT2D eigenvalue weighted by atomic mass is 10.2. The van der Waals surface area contributed by atoms with E-state index in [2.05, 4.69) is 15.0 Å². The maximum atomic E-state index is 12.7. The van der Waals surface area contributed by atoms with Gasteiger partial charge in [0.15, 0.2) is 5.13 Å². The summed E-state index contributed by atoms with van der Waals surface area (Å²) in [6.07, 6.45) is 0. The van der Waals surface area contributed by atoms with Crippen molar-refractivity contribution in [2.24, 2.45) is 0 Å². The predicted molar refractivity (Wildman–Crippen MR) is 113 cm³/mol. The number of aromatic nitrogens is 1. The number of nitrogens with one attached hydrogen (secondary N) is 2. The quantitative estimate of drug-likeness (QED) is 0.645. The third-order valence-electron chi connectivity index (χ3n) is 4.24. The van der Waals surface area contributed by atoms with Gasteiger partial charge in [-0.25, -0.2) is 13.4 Å². The van der Waals surface area contributed by atoms with Crippen LogP contribution >= 0.6 is 11.3 Å². The number of carbonyl (C=O) groups excluding carboxylic acids is 1. The lowest BCUT2D eigenvalue weighted by Gasteiger charge is -2.08. The molecule has 6 nitrogen and oxygen atoms in total. The van der Waals surface area contributed by atoms with Crippen molar-refractivity contribution in [1.29, 1.82) is 0 Å². The maximum absolute atomic E-state index is 12.7. The van der Waals surface area contributed by atoms with Gasteiger partial charge in [-0.2, -0.15) is 0 Å². The van der Waals surface area contributed by atoms with Gasteiger partial charge in [-0.15, -0.1) is 0 Å². The molecule has 0 spiro atoms. The molecule has 0 bridgehead atoms. The van der Waals surface area contributed by atoms with Gasteiger partial charge in [0.05, 0.1) is 10.6 Å². The lowest BCUT2D eigenvalue weighted by Crippen LogP contribution is -2.14. The Kier molecular flexibility index (Phi) is 5.53. The van der Waals surface area contributed by atoms with Crippen LogP contribution in [-0.4, -0.2) is 19.3 Å². The standard InChI is InChI=1S/C20H21N3O3S2/c1-12-9-10-17(14(3)11-12)28(25,26)23-20-21-15(4)18(27-20)19(24)22-16-8-6-5-7-13(16)2/h5-11H,1-4H3,(H,21,23)(H,22,24). The Morgan fingerprint density at radius 3 is 2.39 bits per heavy atom. The van der Waals surface area contributed by atoms with Crippen LogP contribution in [0.3, 0.4) is 0 Å². The first kappa shape index (κ1) is 20.0. The van der Waals surface area contributed by atoms with Crippen LogP contribution < -0.4 is 10.0 Å². The summed E-state index contributed by atoms with van der Waals surface area (Å²) < 4.78 is 27.9. The highest BCUT2D eigenvalue weighted by Gasteiger charge is 2.22. The molecule has 0 saturated carbocycles. The Bertz CT molecular complexity index is 1150. The van der Waals surface area contributed by atoms with Crippen LogP contribution in [0.25, 0.3) is 0 Å². The van der Waals surface area contributed by atoms with E-state index in [0.29, 0.717) is 21.8 Å². The van der Waals surface area contributed by atoms with Crippen molar-refractivity contribution in [1.82, 2.24) is 4.98 Å². The van der Waals surface area contributed by atoms with Crippen molar-refractivity contribution in [3.63, 3.8) is 0 Å². The summed E-state index contributed by atoms with van der Waals surface area (Å²) in [7, 11) is -3.79. The minimum atomic E-state index is -3.79. The monoisotopic (exact) mass is 415 g/mol. The molecule has 2 aromatic carbocycles. The van der Waals surface area contributed by atoms with Gasteiger partial charge in [-0.05, 0) is 51.0 Å². The molecule has 1 amide bonds. The number of hydrogen-bond acceptors (Lipinski definition) is 5. The fourth-order valence-corrected chi connectivity index (χ4v) is 5.14. The summed E-state index contributed by atoms with van der Waals surface area (Å²) in [5, 5.41) is 3.00. The average molecular weight is 416 g/mol. The van der Waals surface area contributed by atoms with E-state index in [1.54, 1.807) is 26.0 Å². The molecule has 0 aliphatic heterocycles. The molecule has 1 aromatic heterocycles. The van der Waals surface area contributed by atoms with Crippen LogP contribution in [0.15, 0.2) is 47.4 Å². The van der Waals surface area contributed by atoms with Crippen LogP contribution in [0.2, 0.25) is 0 Å². The van der Waals surface area contributed by atoms with Gasteiger partial charge >= 0.3 is 0 Å². The molecule has 8 heteroatoms. The highest BCUT2D eigenvalue weighted by molar-refractivity contribution is 7.93. The first-order valence-corrected chi connectivity index (χ1v) is 10.9. The topological polar surface area (TPSA) is 88.2 Å². The minimum Gasteiger partial charge on any atom is -0.321 e. The molecule has 3 rings (SSSR count). The van der Waals surface area contributed by atoms with Gasteiger partial charge in [-0.1, -0.05) is 47.2 Å². The molecular weight excluding hydrogens is 394 g/mol. The molecule has 0 fully saturated rings. The van der Waals surface area contributed by atoms with Gasteiger partial charge < -0.3 is 5.32 Å². The van der Waals surface area contributed by atoms with Crippen molar-refractivity contribution in [3.05, 3.63) is 69.7 Å². The number of benzene rings is 2. The second-order valence-corrected chi connectivity index (χ2v) is 9.23. The van der Waals surface area contributed by atoms with E-state index in [-0.39, 0.29) is 15.9 Å². The number of rotatable bonds is 5. The van der Waals surface area contributed by atoms with E-state index in [1.807, 2.05) is 44.2 Å². The van der Waals surface area contributed by atoms with E-state index in [1.165, 1.54) is 0 Å².